The lowest BCUT2D eigenvalue weighted by Gasteiger charge is -2.12. The van der Waals surface area contributed by atoms with Crippen molar-refractivity contribution >= 4 is 28.3 Å². The third-order valence-electron chi connectivity index (χ3n) is 4.77. The Bertz CT molecular complexity index is 999. The van der Waals surface area contributed by atoms with Gasteiger partial charge in [0, 0.05) is 46.3 Å². The van der Waals surface area contributed by atoms with E-state index < -0.39 is 0 Å². The van der Waals surface area contributed by atoms with Crippen LogP contribution in [0.25, 0.3) is 10.9 Å². The number of benzene rings is 2. The molecule has 0 unspecified atom stereocenters. The molecule has 4 nitrogen and oxygen atoms in total. The van der Waals surface area contributed by atoms with Crippen LogP contribution in [0.3, 0.4) is 0 Å². The lowest BCUT2D eigenvalue weighted by Crippen LogP contribution is -2.10. The third kappa shape index (κ3) is 5.37. The zero-order chi connectivity index (χ0) is 20.8. The number of Topliss-reactive ketones (excluding diaryl/α,β-unsaturated/α-hetero) is 1. The molecule has 1 heterocycles. The normalized spacial score (nSPS) is 11.2. The summed E-state index contributed by atoms with van der Waals surface area (Å²) < 4.78 is 25.1. The highest BCUT2D eigenvalue weighted by atomic mass is 35.5. The van der Waals surface area contributed by atoms with Crippen molar-refractivity contribution in [3.8, 4) is 5.75 Å². The van der Waals surface area contributed by atoms with E-state index in [0.29, 0.717) is 47.2 Å². The van der Waals surface area contributed by atoms with Gasteiger partial charge < -0.3 is 14.5 Å². The van der Waals surface area contributed by atoms with E-state index >= 15 is 0 Å². The maximum Gasteiger partial charge on any atom is 0.169 e. The molecule has 3 aromatic rings. The maximum atomic E-state index is 13.8. The molecule has 1 aromatic heterocycles. The smallest absolute Gasteiger partial charge is 0.169 e. The van der Waals surface area contributed by atoms with Crippen LogP contribution in [0.2, 0.25) is 5.02 Å². The number of halogens is 2. The van der Waals surface area contributed by atoms with Gasteiger partial charge in [-0.15, -0.1) is 0 Å². The van der Waals surface area contributed by atoms with Crippen LogP contribution < -0.4 is 4.74 Å². The van der Waals surface area contributed by atoms with Crippen molar-refractivity contribution in [3.63, 3.8) is 0 Å². The average Bonchev–Trinajstić information content (AvgIpc) is 3.09. The first-order valence-corrected chi connectivity index (χ1v) is 10.2. The molecule has 6 heteroatoms. The van der Waals surface area contributed by atoms with Crippen LogP contribution >= 0.6 is 11.6 Å². The molecule has 0 aliphatic rings. The summed E-state index contributed by atoms with van der Waals surface area (Å²) in [7, 11) is 0. The van der Waals surface area contributed by atoms with Gasteiger partial charge in [0.2, 0.25) is 0 Å². The summed E-state index contributed by atoms with van der Waals surface area (Å²) in [4.78, 5) is 15.9. The summed E-state index contributed by atoms with van der Waals surface area (Å²) in [5.41, 5.74) is 2.39. The molecular formula is C23H25ClFNO3. The molecule has 1 N–H and O–H groups in total. The summed E-state index contributed by atoms with van der Waals surface area (Å²) in [6.45, 7) is 5.37. The Kier molecular flexibility index (Phi) is 7.29. The van der Waals surface area contributed by atoms with E-state index in [9.17, 15) is 9.18 Å². The molecule has 0 aliphatic carbocycles. The number of aromatic nitrogens is 1. The maximum absolute atomic E-state index is 13.8. The fourth-order valence-electron chi connectivity index (χ4n) is 3.12. The summed E-state index contributed by atoms with van der Waals surface area (Å²) >= 11 is 6.11. The minimum atomic E-state index is -0.298. The van der Waals surface area contributed by atoms with E-state index in [1.165, 1.54) is 6.07 Å². The topological polar surface area (TPSA) is 51.3 Å². The van der Waals surface area contributed by atoms with Gasteiger partial charge in [-0.3, -0.25) is 4.79 Å². The van der Waals surface area contributed by atoms with Crippen molar-refractivity contribution in [2.24, 2.45) is 0 Å². The molecule has 0 saturated carbocycles. The second kappa shape index (κ2) is 9.90. The van der Waals surface area contributed by atoms with Gasteiger partial charge in [-0.2, -0.15) is 0 Å². The van der Waals surface area contributed by atoms with Crippen LogP contribution in [-0.2, 0) is 11.2 Å². The quantitative estimate of drug-likeness (QED) is 0.330. The molecule has 3 rings (SSSR count). The fourth-order valence-corrected chi connectivity index (χ4v) is 3.28. The van der Waals surface area contributed by atoms with E-state index in [0.717, 1.165) is 23.8 Å². The number of H-pyrrole nitrogens is 1. The lowest BCUT2D eigenvalue weighted by molar-refractivity contribution is 0.0964. The van der Waals surface area contributed by atoms with E-state index in [1.54, 1.807) is 37.4 Å². The zero-order valence-electron chi connectivity index (χ0n) is 16.7. The van der Waals surface area contributed by atoms with E-state index in [-0.39, 0.29) is 18.0 Å². The number of unbranched alkanes of at least 4 members (excludes halogenated alkanes) is 1. The molecule has 0 amide bonds. The summed E-state index contributed by atoms with van der Waals surface area (Å²) in [6.07, 6.45) is 3.89. The first-order valence-electron chi connectivity index (χ1n) is 9.79. The Morgan fingerprint density at radius 2 is 2.00 bits per heavy atom. The number of hydrogen-bond acceptors (Lipinski definition) is 3. The van der Waals surface area contributed by atoms with Crippen molar-refractivity contribution < 1.29 is 18.7 Å². The van der Waals surface area contributed by atoms with E-state index in [4.69, 9.17) is 21.1 Å². The third-order valence-corrected chi connectivity index (χ3v) is 5.00. The molecule has 2 aromatic carbocycles. The SMILES string of the molecule is CCCCOCCOc1cc(Cl)ccc1CC(=O)c1c[nH]c2cc(F)c(C)cc12. The molecule has 0 bridgehead atoms. The number of hydrogen-bond donors (Lipinski definition) is 1. The van der Waals surface area contributed by atoms with Gasteiger partial charge in [0.1, 0.15) is 18.2 Å². The lowest BCUT2D eigenvalue weighted by atomic mass is 10.0. The van der Waals surface area contributed by atoms with Gasteiger partial charge in [0.25, 0.3) is 0 Å². The molecule has 0 radical (unpaired) electrons. The van der Waals surface area contributed by atoms with Crippen LogP contribution in [0.15, 0.2) is 36.5 Å². The first-order chi connectivity index (χ1) is 14.0. The molecule has 0 aliphatic heterocycles. The van der Waals surface area contributed by atoms with Gasteiger partial charge in [-0.25, -0.2) is 4.39 Å². The molecule has 0 spiro atoms. The van der Waals surface area contributed by atoms with E-state index in [2.05, 4.69) is 11.9 Å². The molecule has 0 saturated heterocycles. The minimum Gasteiger partial charge on any atom is -0.491 e. The Balaban J connectivity index is 1.72. The molecule has 29 heavy (non-hydrogen) atoms. The van der Waals surface area contributed by atoms with Gasteiger partial charge in [-0.1, -0.05) is 31.0 Å². The second-order valence-electron chi connectivity index (χ2n) is 7.02. The van der Waals surface area contributed by atoms with Crippen molar-refractivity contribution in [1.29, 1.82) is 0 Å². The Morgan fingerprint density at radius 1 is 1.17 bits per heavy atom. The highest BCUT2D eigenvalue weighted by Gasteiger charge is 2.17. The number of carbonyl (C=O) groups is 1. The molecule has 154 valence electrons. The first kappa shape index (κ1) is 21.3. The number of nitrogens with one attached hydrogen (secondary N) is 1. The number of carbonyl (C=O) groups excluding carboxylic acids is 1. The van der Waals surface area contributed by atoms with Crippen LogP contribution in [0, 0.1) is 12.7 Å². The number of rotatable bonds is 10. The minimum absolute atomic E-state index is 0.0753. The number of aromatic amines is 1. The average molecular weight is 418 g/mol. The van der Waals surface area contributed by atoms with Crippen LogP contribution in [-0.4, -0.2) is 30.6 Å². The highest BCUT2D eigenvalue weighted by Crippen LogP contribution is 2.27. The van der Waals surface area contributed by atoms with Crippen molar-refractivity contribution in [1.82, 2.24) is 4.98 Å². The number of ketones is 1. The standard InChI is InChI=1S/C23H25ClFNO3/c1-3-4-7-28-8-9-29-23-12-17(24)6-5-16(23)11-22(27)19-14-26-21-13-20(25)15(2)10-18(19)21/h5-6,10,12-14,26H,3-4,7-9,11H2,1-2H3. The van der Waals surface area contributed by atoms with Gasteiger partial charge >= 0.3 is 0 Å². The predicted molar refractivity (Wildman–Crippen MR) is 114 cm³/mol. The second-order valence-corrected chi connectivity index (χ2v) is 7.45. The molecular weight excluding hydrogens is 393 g/mol. The van der Waals surface area contributed by atoms with Crippen LogP contribution in [0.1, 0.15) is 41.3 Å². The summed E-state index contributed by atoms with van der Waals surface area (Å²) in [6, 6.07) is 8.36. The van der Waals surface area contributed by atoms with Crippen molar-refractivity contribution in [2.75, 3.05) is 19.8 Å². The molecule has 0 fully saturated rings. The van der Waals surface area contributed by atoms with Gasteiger partial charge in [-0.05, 0) is 43.2 Å². The monoisotopic (exact) mass is 417 g/mol. The van der Waals surface area contributed by atoms with Crippen molar-refractivity contribution in [2.45, 2.75) is 33.1 Å². The van der Waals surface area contributed by atoms with Gasteiger partial charge in [0.15, 0.2) is 5.78 Å². The largest absolute Gasteiger partial charge is 0.491 e. The molecule has 0 atom stereocenters. The fraction of sp³-hybridized carbons (Fsp3) is 0.348. The van der Waals surface area contributed by atoms with Crippen LogP contribution in [0.4, 0.5) is 4.39 Å². The zero-order valence-corrected chi connectivity index (χ0v) is 17.4. The Labute approximate surface area is 175 Å². The number of ether oxygens (including phenoxy) is 2. The van der Waals surface area contributed by atoms with Crippen molar-refractivity contribution in [3.05, 3.63) is 64.1 Å². The van der Waals surface area contributed by atoms with Gasteiger partial charge in [0.05, 0.1) is 6.61 Å². The Hall–Kier alpha value is -2.37. The predicted octanol–water partition coefficient (Wildman–Crippen LogP) is 5.89. The van der Waals surface area contributed by atoms with Crippen LogP contribution in [0.5, 0.6) is 5.75 Å². The Morgan fingerprint density at radius 3 is 2.79 bits per heavy atom. The number of aryl methyl sites for hydroxylation is 1. The number of fused-ring (bicyclic) bond motifs is 1. The highest BCUT2D eigenvalue weighted by molar-refractivity contribution is 6.30. The summed E-state index contributed by atoms with van der Waals surface area (Å²) in [5, 5.41) is 1.26. The van der Waals surface area contributed by atoms with E-state index in [1.807, 2.05) is 0 Å². The summed E-state index contributed by atoms with van der Waals surface area (Å²) in [5.74, 6) is 0.202.